The monoisotopic (exact) mass is 996 g/mol. The molecule has 2 aliphatic heterocycles. The maximum Gasteiger partial charge on any atom is 0.326 e. The van der Waals surface area contributed by atoms with Crippen molar-refractivity contribution in [2.24, 2.45) is 35.1 Å². The molecule has 0 spiro atoms. The lowest BCUT2D eigenvalue weighted by atomic mass is 9.97. The van der Waals surface area contributed by atoms with Gasteiger partial charge in [-0.3, -0.25) is 47.9 Å². The Hall–Kier alpha value is -5.52. The van der Waals surface area contributed by atoms with Crippen LogP contribution in [0.4, 0.5) is 0 Å². The van der Waals surface area contributed by atoms with Crippen LogP contribution >= 0.6 is 12.6 Å². The number of nitrogens with zero attached hydrogens (tertiary/aromatic N) is 2. The first-order valence-corrected chi connectivity index (χ1v) is 24.5. The molecule has 390 valence electrons. The molecule has 0 unspecified atom stereocenters. The van der Waals surface area contributed by atoms with Crippen LogP contribution in [0.15, 0.2) is 0 Å². The molecule has 12 N–H and O–H groups in total. The molecule has 0 radical (unpaired) electrons. The number of aliphatic carboxylic acids is 1. The van der Waals surface area contributed by atoms with E-state index < -0.39 is 144 Å². The quantitative estimate of drug-likeness (QED) is 0.0399. The van der Waals surface area contributed by atoms with Crippen LogP contribution in [0.3, 0.4) is 0 Å². The van der Waals surface area contributed by atoms with Gasteiger partial charge in [0, 0.05) is 25.3 Å². The van der Waals surface area contributed by atoms with E-state index >= 15 is 0 Å². The van der Waals surface area contributed by atoms with Crippen LogP contribution in [-0.4, -0.2) is 160 Å². The number of carboxylic acids is 1. The number of hydrogen-bond acceptors (Lipinski definition) is 13. The first-order chi connectivity index (χ1) is 32.2. The van der Waals surface area contributed by atoms with Gasteiger partial charge in [0.05, 0.1) is 12.6 Å². The van der Waals surface area contributed by atoms with Gasteiger partial charge in [-0.15, -0.1) is 0 Å². The highest BCUT2D eigenvalue weighted by molar-refractivity contribution is 7.80. The summed E-state index contributed by atoms with van der Waals surface area (Å²) in [6.45, 7) is 15.1. The van der Waals surface area contributed by atoms with Crippen molar-refractivity contribution >= 4 is 77.7 Å². The lowest BCUT2D eigenvalue weighted by molar-refractivity contribution is -0.144. The van der Waals surface area contributed by atoms with Gasteiger partial charge in [-0.25, -0.2) is 4.79 Å². The fraction of sp³-hybridized carbons (Fsp3) is 0.756. The lowest BCUT2D eigenvalue weighted by Crippen LogP contribution is -2.61. The van der Waals surface area contributed by atoms with Gasteiger partial charge in [0.15, 0.2) is 0 Å². The molecule has 2 saturated heterocycles. The van der Waals surface area contributed by atoms with Crippen LogP contribution in [-0.2, 0) is 52.7 Å². The molecular formula is C45H77N11O12S. The van der Waals surface area contributed by atoms with E-state index in [1.165, 1.54) is 16.7 Å². The van der Waals surface area contributed by atoms with Gasteiger partial charge in [-0.1, -0.05) is 61.8 Å². The van der Waals surface area contributed by atoms with E-state index in [0.29, 0.717) is 19.3 Å². The lowest BCUT2D eigenvalue weighted by Gasteiger charge is -2.32. The molecule has 0 saturated carbocycles. The third-order valence-corrected chi connectivity index (χ3v) is 12.7. The zero-order chi connectivity index (χ0) is 52.4. The number of thiol groups is 1. The molecule has 2 heterocycles. The predicted molar refractivity (Wildman–Crippen MR) is 256 cm³/mol. The minimum Gasteiger partial charge on any atom is -0.480 e. The minimum absolute atomic E-state index is 0.0472. The fourth-order valence-corrected chi connectivity index (χ4v) is 8.17. The van der Waals surface area contributed by atoms with E-state index in [0.717, 1.165) is 0 Å². The average molecular weight is 996 g/mol. The Morgan fingerprint density at radius 3 is 1.67 bits per heavy atom. The SMILES string of the molecule is CC[C@H](C)[C@H](NC(=O)[C@H](C)NC(=O)[C@@H]1CCCN1C(=O)[C@@H](NC(=O)CNC(=O)[C@@H](N)CS)C(C)C)C(=O)N[C@@H](CCC(N)=O)C(=O)N1CCC[C@H]1C(=O)N[C@H](C(=O)N[C@@H](CC(C)C)C(=O)O)C(C)C. The molecule has 10 amide bonds. The largest absolute Gasteiger partial charge is 0.480 e. The van der Waals surface area contributed by atoms with E-state index in [1.54, 1.807) is 41.5 Å². The third kappa shape index (κ3) is 18.1. The molecule has 24 heteroatoms. The van der Waals surface area contributed by atoms with Crippen LogP contribution < -0.4 is 48.7 Å². The highest BCUT2D eigenvalue weighted by atomic mass is 32.1. The van der Waals surface area contributed by atoms with Gasteiger partial charge in [-0.2, -0.15) is 12.6 Å². The first kappa shape index (κ1) is 59.6. The summed E-state index contributed by atoms with van der Waals surface area (Å²) in [5.41, 5.74) is 11.1. The summed E-state index contributed by atoms with van der Waals surface area (Å²) < 4.78 is 0. The summed E-state index contributed by atoms with van der Waals surface area (Å²) in [4.78, 5) is 148. The second-order valence-electron chi connectivity index (χ2n) is 19.1. The maximum absolute atomic E-state index is 14.2. The van der Waals surface area contributed by atoms with Crippen molar-refractivity contribution in [2.75, 3.05) is 25.4 Å². The summed E-state index contributed by atoms with van der Waals surface area (Å²) >= 11 is 3.97. The number of likely N-dealkylation sites (tertiary alicyclic amines) is 2. The van der Waals surface area contributed by atoms with Crippen molar-refractivity contribution in [3.05, 3.63) is 0 Å². The number of nitrogens with two attached hydrogens (primary N) is 2. The number of carboxylic acid groups (broad SMARTS) is 1. The molecule has 2 fully saturated rings. The smallest absolute Gasteiger partial charge is 0.326 e. The summed E-state index contributed by atoms with van der Waals surface area (Å²) in [7, 11) is 0. The van der Waals surface area contributed by atoms with Gasteiger partial charge in [0.25, 0.3) is 0 Å². The minimum atomic E-state index is -1.38. The Balaban J connectivity index is 2.22. The zero-order valence-corrected chi connectivity index (χ0v) is 42.3. The topological polar surface area (TPSA) is 351 Å². The molecule has 2 rings (SSSR count). The predicted octanol–water partition coefficient (Wildman–Crippen LogP) is -1.98. The number of nitrogens with one attached hydrogen (secondary N) is 7. The van der Waals surface area contributed by atoms with Gasteiger partial charge >= 0.3 is 5.97 Å². The van der Waals surface area contributed by atoms with Gasteiger partial charge in [0.2, 0.25) is 59.1 Å². The van der Waals surface area contributed by atoms with Crippen LogP contribution in [0.1, 0.15) is 114 Å². The average Bonchev–Trinajstić information content (AvgIpc) is 3.99. The summed E-state index contributed by atoms with van der Waals surface area (Å²) in [6, 6.07) is -10.2. The van der Waals surface area contributed by atoms with E-state index in [-0.39, 0.29) is 56.9 Å². The Morgan fingerprint density at radius 1 is 0.652 bits per heavy atom. The molecule has 0 aliphatic carbocycles. The fourth-order valence-electron chi connectivity index (χ4n) is 8.00. The maximum atomic E-state index is 14.2. The molecule has 10 atom stereocenters. The summed E-state index contributed by atoms with van der Waals surface area (Å²) in [5.74, 6) is -9.41. The first-order valence-electron chi connectivity index (χ1n) is 23.8. The molecule has 0 aromatic rings. The number of carbonyl (C=O) groups excluding carboxylic acids is 10. The van der Waals surface area contributed by atoms with Crippen molar-refractivity contribution < 1.29 is 57.8 Å². The molecule has 2 aliphatic rings. The van der Waals surface area contributed by atoms with Crippen LogP contribution in [0, 0.1) is 23.7 Å². The number of carbonyl (C=O) groups is 11. The van der Waals surface area contributed by atoms with Gasteiger partial charge in [0.1, 0.15) is 48.3 Å². The number of rotatable bonds is 27. The number of hydrogen-bond donors (Lipinski definition) is 11. The Kier molecular flexibility index (Phi) is 24.4. The van der Waals surface area contributed by atoms with Crippen molar-refractivity contribution in [2.45, 2.75) is 168 Å². The molecule has 69 heavy (non-hydrogen) atoms. The van der Waals surface area contributed by atoms with Gasteiger partial charge in [-0.05, 0) is 69.1 Å². The molecule has 0 bridgehead atoms. The van der Waals surface area contributed by atoms with Crippen LogP contribution in [0.5, 0.6) is 0 Å². The molecular weight excluding hydrogens is 919 g/mol. The van der Waals surface area contributed by atoms with Crippen molar-refractivity contribution in [1.82, 2.24) is 47.0 Å². The molecule has 0 aromatic heterocycles. The van der Waals surface area contributed by atoms with Crippen LogP contribution in [0.2, 0.25) is 0 Å². The highest BCUT2D eigenvalue weighted by Crippen LogP contribution is 2.23. The van der Waals surface area contributed by atoms with Crippen molar-refractivity contribution in [3.8, 4) is 0 Å². The normalized spacial score (nSPS) is 19.3. The van der Waals surface area contributed by atoms with Crippen LogP contribution in [0.25, 0.3) is 0 Å². The zero-order valence-electron chi connectivity index (χ0n) is 41.4. The van der Waals surface area contributed by atoms with E-state index in [4.69, 9.17) is 11.5 Å². The van der Waals surface area contributed by atoms with Gasteiger partial charge < -0.3 is 63.6 Å². The third-order valence-electron chi connectivity index (χ3n) is 12.3. The Bertz CT molecular complexity index is 1870. The molecule has 23 nitrogen and oxygen atoms in total. The second-order valence-corrected chi connectivity index (χ2v) is 19.5. The van der Waals surface area contributed by atoms with E-state index in [2.05, 4.69) is 49.8 Å². The Morgan fingerprint density at radius 2 is 1.17 bits per heavy atom. The molecule has 0 aromatic carbocycles. The van der Waals surface area contributed by atoms with Crippen molar-refractivity contribution in [3.63, 3.8) is 0 Å². The summed E-state index contributed by atoms with van der Waals surface area (Å²) in [6.07, 6.45) is 1.28. The highest BCUT2D eigenvalue weighted by Gasteiger charge is 2.42. The van der Waals surface area contributed by atoms with Crippen molar-refractivity contribution in [1.29, 1.82) is 0 Å². The number of primary amides is 1. The van der Waals surface area contributed by atoms with E-state index in [1.807, 2.05) is 13.8 Å². The number of amides is 10. The second kappa shape index (κ2) is 28.2. The Labute approximate surface area is 410 Å². The summed E-state index contributed by atoms with van der Waals surface area (Å²) in [5, 5.41) is 27.8. The standard InChI is InChI=1S/C45H77N11O12S/c1-10-25(8)36(54-37(59)26(9)49-39(61)30-13-12-18-56(30)44(66)35(24(6)7)52-33(58)20-48-38(60)27(46)21-69)42(64)50-28(15-16-32(47)57)43(65)55-17-11-14-31(55)40(62)53-34(23(4)5)41(63)51-29(45(67)68)19-22(2)3/h22-31,34-36,69H,10-21,46H2,1-9H3,(H2,47,57)(H,48,60)(H,49,61)(H,50,64)(H,51,63)(H,52,58)(H,53,62)(H,54,59)(H,67,68)/t25-,26-,27-,28-,29-,30-,31-,34-,35-,36-/m0/s1. The van der Waals surface area contributed by atoms with E-state index in [9.17, 15) is 57.8 Å².